The molecule has 1 aromatic carbocycles. The van der Waals surface area contributed by atoms with E-state index in [1.54, 1.807) is 0 Å². The molecule has 7 nitrogen and oxygen atoms in total. The predicted octanol–water partition coefficient (Wildman–Crippen LogP) is 0.652. The van der Waals surface area contributed by atoms with Crippen molar-refractivity contribution < 1.29 is 19.6 Å². The molecule has 1 rings (SSSR count). The molecule has 0 heterocycles. The highest BCUT2D eigenvalue weighted by Gasteiger charge is 2.20. The third-order valence-electron chi connectivity index (χ3n) is 2.54. The van der Waals surface area contributed by atoms with Gasteiger partial charge in [-0.15, -0.1) is 0 Å². The number of esters is 1. The molecule has 1 unspecified atom stereocenters. The molecule has 0 aliphatic rings. The van der Waals surface area contributed by atoms with E-state index in [2.05, 4.69) is 4.74 Å². The van der Waals surface area contributed by atoms with Gasteiger partial charge in [-0.3, -0.25) is 14.9 Å². The Morgan fingerprint density at radius 1 is 1.61 bits per heavy atom. The summed E-state index contributed by atoms with van der Waals surface area (Å²) in [5.74, 6) is -0.768. The summed E-state index contributed by atoms with van der Waals surface area (Å²) in [6.45, 7) is 1.52. The molecule has 0 aliphatic heterocycles. The maximum atomic E-state index is 11.2. The highest BCUT2D eigenvalue weighted by Crippen LogP contribution is 2.28. The number of ether oxygens (including phenoxy) is 1. The lowest BCUT2D eigenvalue weighted by molar-refractivity contribution is -0.385. The number of aryl methyl sites for hydroxylation is 1. The molecular formula is C11H14N2O5. The van der Waals surface area contributed by atoms with Crippen molar-refractivity contribution in [2.24, 2.45) is 5.73 Å². The Balaban J connectivity index is 3.06. The molecule has 1 atom stereocenters. The summed E-state index contributed by atoms with van der Waals surface area (Å²) in [6.07, 6.45) is -0.0281. The standard InChI is InChI=1S/C11H14N2O5/c1-6-3-10(14)7(5-9(6)13(16)17)4-8(12)11(15)18-2/h3,5,8,14H,4,12H2,1-2H3. The molecule has 0 amide bonds. The van der Waals surface area contributed by atoms with Gasteiger partial charge in [-0.1, -0.05) is 0 Å². The molecule has 0 aromatic heterocycles. The SMILES string of the molecule is COC(=O)C(N)Cc1cc([N+](=O)[O-])c(C)cc1O. The molecule has 0 fully saturated rings. The summed E-state index contributed by atoms with van der Waals surface area (Å²) in [5, 5.41) is 20.4. The van der Waals surface area contributed by atoms with Crippen LogP contribution in [0.1, 0.15) is 11.1 Å². The Kier molecular flexibility index (Phi) is 4.22. The summed E-state index contributed by atoms with van der Waals surface area (Å²) in [6, 6.07) is 1.52. The minimum atomic E-state index is -0.969. The van der Waals surface area contributed by atoms with E-state index >= 15 is 0 Å². The fraction of sp³-hybridized carbons (Fsp3) is 0.364. The zero-order valence-corrected chi connectivity index (χ0v) is 10.0. The largest absolute Gasteiger partial charge is 0.508 e. The Hall–Kier alpha value is -2.15. The average molecular weight is 254 g/mol. The minimum absolute atomic E-state index is 0.0281. The number of nitro groups is 1. The van der Waals surface area contributed by atoms with Gasteiger partial charge in [-0.2, -0.15) is 0 Å². The van der Waals surface area contributed by atoms with Crippen LogP contribution in [0.15, 0.2) is 12.1 Å². The monoisotopic (exact) mass is 254 g/mol. The molecule has 0 radical (unpaired) electrons. The Morgan fingerprint density at radius 3 is 2.72 bits per heavy atom. The van der Waals surface area contributed by atoms with Crippen LogP contribution < -0.4 is 5.73 Å². The number of hydrogen-bond donors (Lipinski definition) is 2. The van der Waals surface area contributed by atoms with Crippen LogP contribution in [0.25, 0.3) is 0 Å². The van der Waals surface area contributed by atoms with E-state index in [-0.39, 0.29) is 23.4 Å². The van der Waals surface area contributed by atoms with Crippen LogP contribution in [0.5, 0.6) is 5.75 Å². The smallest absolute Gasteiger partial charge is 0.322 e. The van der Waals surface area contributed by atoms with E-state index in [4.69, 9.17) is 5.73 Å². The number of nitro benzene ring substituents is 1. The first-order chi connectivity index (χ1) is 8.36. The fourth-order valence-electron chi connectivity index (χ4n) is 1.56. The van der Waals surface area contributed by atoms with Gasteiger partial charge in [0, 0.05) is 23.6 Å². The Labute approximate surface area is 103 Å². The summed E-state index contributed by atoms with van der Waals surface area (Å²) in [4.78, 5) is 21.4. The highest BCUT2D eigenvalue weighted by atomic mass is 16.6. The van der Waals surface area contributed by atoms with Crippen molar-refractivity contribution in [1.82, 2.24) is 0 Å². The van der Waals surface area contributed by atoms with Crippen LogP contribution in [0.2, 0.25) is 0 Å². The van der Waals surface area contributed by atoms with Crippen molar-refractivity contribution >= 4 is 11.7 Å². The van der Waals surface area contributed by atoms with Crippen molar-refractivity contribution in [3.05, 3.63) is 33.4 Å². The lowest BCUT2D eigenvalue weighted by Gasteiger charge is -2.11. The number of phenols is 1. The number of phenolic OH excluding ortho intramolecular Hbond substituents is 1. The van der Waals surface area contributed by atoms with Crippen LogP contribution in [-0.2, 0) is 16.0 Å². The number of rotatable bonds is 4. The second-order valence-corrected chi connectivity index (χ2v) is 3.86. The first kappa shape index (κ1) is 13.9. The zero-order valence-electron chi connectivity index (χ0n) is 10.0. The zero-order chi connectivity index (χ0) is 13.9. The maximum Gasteiger partial charge on any atom is 0.322 e. The lowest BCUT2D eigenvalue weighted by Crippen LogP contribution is -2.33. The lowest BCUT2D eigenvalue weighted by atomic mass is 10.0. The normalized spacial score (nSPS) is 11.9. The van der Waals surface area contributed by atoms with Gasteiger partial charge in [-0.25, -0.2) is 0 Å². The van der Waals surface area contributed by atoms with Gasteiger partial charge in [0.25, 0.3) is 5.69 Å². The summed E-state index contributed by atoms with van der Waals surface area (Å²) in [5.41, 5.74) is 5.99. The number of nitrogens with two attached hydrogens (primary N) is 1. The van der Waals surface area contributed by atoms with E-state index in [0.29, 0.717) is 5.56 Å². The summed E-state index contributed by atoms with van der Waals surface area (Å²) >= 11 is 0. The Bertz CT molecular complexity index is 487. The van der Waals surface area contributed by atoms with Gasteiger partial charge in [-0.05, 0) is 13.0 Å². The van der Waals surface area contributed by atoms with E-state index in [9.17, 15) is 20.0 Å². The van der Waals surface area contributed by atoms with Crippen molar-refractivity contribution in [2.75, 3.05) is 7.11 Å². The van der Waals surface area contributed by atoms with E-state index in [0.717, 1.165) is 0 Å². The molecule has 0 saturated heterocycles. The molecule has 1 aromatic rings. The van der Waals surface area contributed by atoms with Crippen LogP contribution in [0.3, 0.4) is 0 Å². The molecular weight excluding hydrogens is 240 g/mol. The fourth-order valence-corrected chi connectivity index (χ4v) is 1.56. The molecule has 18 heavy (non-hydrogen) atoms. The highest BCUT2D eigenvalue weighted by molar-refractivity contribution is 5.76. The topological polar surface area (TPSA) is 116 Å². The number of carbonyl (C=O) groups is 1. The number of aromatic hydroxyl groups is 1. The number of carbonyl (C=O) groups excluding carboxylic acids is 1. The quantitative estimate of drug-likeness (QED) is 0.463. The minimum Gasteiger partial charge on any atom is -0.508 e. The molecule has 3 N–H and O–H groups in total. The van der Waals surface area contributed by atoms with Crippen LogP contribution in [0.4, 0.5) is 5.69 Å². The second-order valence-electron chi connectivity index (χ2n) is 3.86. The molecule has 98 valence electrons. The molecule has 7 heteroatoms. The molecule has 0 bridgehead atoms. The first-order valence-electron chi connectivity index (χ1n) is 5.17. The predicted molar refractivity (Wildman–Crippen MR) is 63.2 cm³/mol. The van der Waals surface area contributed by atoms with Crippen LogP contribution in [0, 0.1) is 17.0 Å². The van der Waals surface area contributed by atoms with Gasteiger partial charge in [0.05, 0.1) is 12.0 Å². The van der Waals surface area contributed by atoms with Crippen molar-refractivity contribution in [1.29, 1.82) is 0 Å². The molecule has 0 spiro atoms. The molecule has 0 saturated carbocycles. The van der Waals surface area contributed by atoms with Crippen molar-refractivity contribution in [3.63, 3.8) is 0 Å². The number of nitrogens with zero attached hydrogens (tertiary/aromatic N) is 1. The number of methoxy groups -OCH3 is 1. The van der Waals surface area contributed by atoms with E-state index < -0.39 is 16.9 Å². The first-order valence-corrected chi connectivity index (χ1v) is 5.17. The van der Waals surface area contributed by atoms with Gasteiger partial charge < -0.3 is 15.6 Å². The number of hydrogen-bond acceptors (Lipinski definition) is 6. The average Bonchev–Trinajstić information content (AvgIpc) is 2.30. The van der Waals surface area contributed by atoms with Crippen LogP contribution >= 0.6 is 0 Å². The van der Waals surface area contributed by atoms with Gasteiger partial charge >= 0.3 is 5.97 Å². The maximum absolute atomic E-state index is 11.2. The Morgan fingerprint density at radius 2 is 2.22 bits per heavy atom. The summed E-state index contributed by atoms with van der Waals surface area (Å²) in [7, 11) is 1.19. The van der Waals surface area contributed by atoms with Gasteiger partial charge in [0.15, 0.2) is 0 Å². The van der Waals surface area contributed by atoms with Gasteiger partial charge in [0.2, 0.25) is 0 Å². The van der Waals surface area contributed by atoms with Gasteiger partial charge in [0.1, 0.15) is 11.8 Å². The molecule has 0 aliphatic carbocycles. The van der Waals surface area contributed by atoms with Crippen molar-refractivity contribution in [2.45, 2.75) is 19.4 Å². The third kappa shape index (κ3) is 2.95. The third-order valence-corrected chi connectivity index (χ3v) is 2.54. The van der Waals surface area contributed by atoms with Crippen LogP contribution in [-0.4, -0.2) is 29.2 Å². The van der Waals surface area contributed by atoms with E-state index in [1.807, 2.05) is 0 Å². The number of benzene rings is 1. The van der Waals surface area contributed by atoms with E-state index in [1.165, 1.54) is 26.2 Å². The summed E-state index contributed by atoms with van der Waals surface area (Å²) < 4.78 is 4.45. The van der Waals surface area contributed by atoms with Crippen molar-refractivity contribution in [3.8, 4) is 5.75 Å². The second kappa shape index (κ2) is 5.46.